The Balaban J connectivity index is 1.97. The van der Waals surface area contributed by atoms with Crippen molar-refractivity contribution in [2.24, 2.45) is 7.05 Å². The molecule has 0 fully saturated rings. The molecule has 3 rings (SSSR count). The third-order valence-corrected chi connectivity index (χ3v) is 4.28. The molecule has 102 valence electrons. The summed E-state index contributed by atoms with van der Waals surface area (Å²) in [5.41, 5.74) is 7.12. The summed E-state index contributed by atoms with van der Waals surface area (Å²) in [5, 5.41) is 8.17. The van der Waals surface area contributed by atoms with Crippen LogP contribution in [0.2, 0.25) is 5.02 Å². The Bertz CT molecular complexity index is 808. The number of carbonyl (C=O) groups is 1. The average molecular weight is 307 g/mol. The van der Waals surface area contributed by atoms with Crippen LogP contribution in [0, 0.1) is 0 Å². The zero-order valence-corrected chi connectivity index (χ0v) is 12.1. The van der Waals surface area contributed by atoms with Gasteiger partial charge in [-0.3, -0.25) is 9.48 Å². The van der Waals surface area contributed by atoms with Gasteiger partial charge < -0.3 is 11.1 Å². The number of carbonyl (C=O) groups excluding carboxylic acids is 1. The average Bonchev–Trinajstić information content (AvgIpc) is 2.94. The summed E-state index contributed by atoms with van der Waals surface area (Å²) in [6, 6.07) is 5.41. The lowest BCUT2D eigenvalue weighted by atomic mass is 10.2. The smallest absolute Gasteiger partial charge is 0.267 e. The van der Waals surface area contributed by atoms with Gasteiger partial charge in [0.15, 0.2) is 0 Å². The molecule has 0 saturated carbocycles. The Labute approximate surface area is 124 Å². The zero-order valence-electron chi connectivity index (χ0n) is 10.6. The van der Waals surface area contributed by atoms with Crippen molar-refractivity contribution in [2.45, 2.75) is 0 Å². The number of nitrogens with zero attached hydrogens (tertiary/aromatic N) is 2. The van der Waals surface area contributed by atoms with Crippen LogP contribution in [-0.2, 0) is 7.05 Å². The summed E-state index contributed by atoms with van der Waals surface area (Å²) in [4.78, 5) is 12.7. The van der Waals surface area contributed by atoms with E-state index in [4.69, 9.17) is 17.3 Å². The van der Waals surface area contributed by atoms with Gasteiger partial charge >= 0.3 is 0 Å². The van der Waals surface area contributed by atoms with Gasteiger partial charge in [0.1, 0.15) is 4.88 Å². The van der Waals surface area contributed by atoms with Crippen LogP contribution in [0.15, 0.2) is 30.6 Å². The van der Waals surface area contributed by atoms with Crippen molar-refractivity contribution in [1.29, 1.82) is 0 Å². The summed E-state index contributed by atoms with van der Waals surface area (Å²) >= 11 is 7.29. The molecule has 2 heterocycles. The number of aryl methyl sites for hydroxylation is 1. The molecule has 1 aromatic carbocycles. The van der Waals surface area contributed by atoms with Gasteiger partial charge in [0, 0.05) is 28.4 Å². The maximum atomic E-state index is 12.2. The van der Waals surface area contributed by atoms with Crippen LogP contribution in [0.5, 0.6) is 0 Å². The van der Waals surface area contributed by atoms with Gasteiger partial charge in [-0.15, -0.1) is 11.3 Å². The predicted octanol–water partition coefficient (Wildman–Crippen LogP) is 3.12. The Kier molecular flexibility index (Phi) is 3.11. The van der Waals surface area contributed by atoms with Crippen LogP contribution in [0.1, 0.15) is 9.67 Å². The number of hydrogen-bond acceptors (Lipinski definition) is 4. The van der Waals surface area contributed by atoms with Gasteiger partial charge in [-0.25, -0.2) is 0 Å². The molecule has 0 bridgehead atoms. The highest BCUT2D eigenvalue weighted by Gasteiger charge is 2.17. The number of nitrogen functional groups attached to an aromatic ring is 1. The normalized spacial score (nSPS) is 10.9. The highest BCUT2D eigenvalue weighted by atomic mass is 35.5. The molecular weight excluding hydrogens is 296 g/mol. The van der Waals surface area contributed by atoms with Crippen LogP contribution in [0.25, 0.3) is 10.1 Å². The molecule has 0 aliphatic heterocycles. The maximum absolute atomic E-state index is 12.2. The van der Waals surface area contributed by atoms with Crippen molar-refractivity contribution in [3.05, 3.63) is 40.5 Å². The summed E-state index contributed by atoms with van der Waals surface area (Å²) in [7, 11) is 1.78. The molecule has 0 aliphatic rings. The molecule has 0 radical (unpaired) electrons. The fourth-order valence-corrected chi connectivity index (χ4v) is 3.10. The Morgan fingerprint density at radius 3 is 3.00 bits per heavy atom. The summed E-state index contributed by atoms with van der Waals surface area (Å²) < 4.78 is 2.55. The molecule has 0 aliphatic carbocycles. The number of nitrogens with two attached hydrogens (primary N) is 1. The van der Waals surface area contributed by atoms with Crippen molar-refractivity contribution >= 4 is 50.3 Å². The zero-order chi connectivity index (χ0) is 14.3. The first kappa shape index (κ1) is 13.0. The van der Waals surface area contributed by atoms with E-state index in [1.165, 1.54) is 11.3 Å². The Morgan fingerprint density at radius 1 is 1.50 bits per heavy atom. The van der Waals surface area contributed by atoms with Crippen LogP contribution in [-0.4, -0.2) is 15.7 Å². The number of thiophene rings is 1. The minimum atomic E-state index is -0.243. The van der Waals surface area contributed by atoms with E-state index in [1.807, 2.05) is 6.07 Å². The molecular formula is C13H11ClN4OS. The van der Waals surface area contributed by atoms with Gasteiger partial charge in [-0.2, -0.15) is 5.10 Å². The summed E-state index contributed by atoms with van der Waals surface area (Å²) in [6.45, 7) is 0. The minimum absolute atomic E-state index is 0.243. The van der Waals surface area contributed by atoms with Crippen molar-refractivity contribution in [3.8, 4) is 0 Å². The number of nitrogens with one attached hydrogen (secondary N) is 1. The standard InChI is InChI=1S/C13H11ClN4OS/c1-18-6-8(5-16-18)17-13(19)12-11(15)9-4-7(14)2-3-10(9)20-12/h2-6H,15H2,1H3,(H,17,19). The second-order valence-electron chi connectivity index (χ2n) is 4.34. The lowest BCUT2D eigenvalue weighted by Crippen LogP contribution is -2.11. The van der Waals surface area contributed by atoms with E-state index >= 15 is 0 Å². The van der Waals surface area contributed by atoms with Gasteiger partial charge in [0.2, 0.25) is 0 Å². The molecule has 0 unspecified atom stereocenters. The third kappa shape index (κ3) is 2.23. The Hall–Kier alpha value is -2.05. The number of halogens is 1. The topological polar surface area (TPSA) is 72.9 Å². The quantitative estimate of drug-likeness (QED) is 0.764. The molecule has 2 aromatic heterocycles. The van der Waals surface area contributed by atoms with E-state index < -0.39 is 0 Å². The molecule has 1 amide bonds. The highest BCUT2D eigenvalue weighted by Crippen LogP contribution is 2.35. The van der Waals surface area contributed by atoms with Gasteiger partial charge in [-0.05, 0) is 18.2 Å². The first-order chi connectivity index (χ1) is 9.54. The van der Waals surface area contributed by atoms with Crippen LogP contribution < -0.4 is 11.1 Å². The fraction of sp³-hybridized carbons (Fsp3) is 0.0769. The number of aromatic nitrogens is 2. The minimum Gasteiger partial charge on any atom is -0.397 e. The molecule has 20 heavy (non-hydrogen) atoms. The van der Waals surface area contributed by atoms with E-state index in [-0.39, 0.29) is 5.91 Å². The lowest BCUT2D eigenvalue weighted by Gasteiger charge is -2.00. The van der Waals surface area contributed by atoms with E-state index in [0.717, 1.165) is 10.1 Å². The number of fused-ring (bicyclic) bond motifs is 1. The Morgan fingerprint density at radius 2 is 2.30 bits per heavy atom. The van der Waals surface area contributed by atoms with Crippen molar-refractivity contribution in [3.63, 3.8) is 0 Å². The van der Waals surface area contributed by atoms with E-state index in [1.54, 1.807) is 36.3 Å². The molecule has 0 atom stereocenters. The van der Waals surface area contributed by atoms with Crippen LogP contribution in [0.3, 0.4) is 0 Å². The van der Waals surface area contributed by atoms with Crippen LogP contribution in [0.4, 0.5) is 11.4 Å². The van der Waals surface area contributed by atoms with Gasteiger partial charge in [0.25, 0.3) is 5.91 Å². The second kappa shape index (κ2) is 4.81. The second-order valence-corrected chi connectivity index (χ2v) is 5.83. The predicted molar refractivity (Wildman–Crippen MR) is 82.4 cm³/mol. The first-order valence-electron chi connectivity index (χ1n) is 5.82. The van der Waals surface area contributed by atoms with Crippen molar-refractivity contribution in [2.75, 3.05) is 11.1 Å². The monoisotopic (exact) mass is 306 g/mol. The number of rotatable bonds is 2. The number of benzene rings is 1. The molecule has 3 aromatic rings. The van der Waals surface area contributed by atoms with Gasteiger partial charge in [0.05, 0.1) is 17.6 Å². The van der Waals surface area contributed by atoms with E-state index in [2.05, 4.69) is 10.4 Å². The van der Waals surface area contributed by atoms with Crippen molar-refractivity contribution in [1.82, 2.24) is 9.78 Å². The molecule has 5 nitrogen and oxygen atoms in total. The number of amides is 1. The number of hydrogen-bond donors (Lipinski definition) is 2. The van der Waals surface area contributed by atoms with E-state index in [9.17, 15) is 4.79 Å². The summed E-state index contributed by atoms with van der Waals surface area (Å²) in [6.07, 6.45) is 3.30. The lowest BCUT2D eigenvalue weighted by molar-refractivity contribution is 0.103. The summed E-state index contributed by atoms with van der Waals surface area (Å²) in [5.74, 6) is -0.243. The van der Waals surface area contributed by atoms with E-state index in [0.29, 0.717) is 21.3 Å². The van der Waals surface area contributed by atoms with Crippen molar-refractivity contribution < 1.29 is 4.79 Å². The van der Waals surface area contributed by atoms with Gasteiger partial charge in [-0.1, -0.05) is 11.6 Å². The molecule has 3 N–H and O–H groups in total. The highest BCUT2D eigenvalue weighted by molar-refractivity contribution is 7.21. The maximum Gasteiger partial charge on any atom is 0.267 e. The molecule has 0 spiro atoms. The molecule has 7 heteroatoms. The SMILES string of the molecule is Cn1cc(NC(=O)c2sc3ccc(Cl)cc3c2N)cn1. The fourth-order valence-electron chi connectivity index (χ4n) is 1.93. The largest absolute Gasteiger partial charge is 0.397 e. The molecule has 0 saturated heterocycles. The third-order valence-electron chi connectivity index (χ3n) is 2.86. The first-order valence-corrected chi connectivity index (χ1v) is 7.01. The van der Waals surface area contributed by atoms with Crippen LogP contribution >= 0.6 is 22.9 Å². The number of anilines is 2.